The van der Waals surface area contributed by atoms with Crippen LogP contribution in [0.3, 0.4) is 0 Å². The van der Waals surface area contributed by atoms with Crippen molar-refractivity contribution in [1.29, 1.82) is 0 Å². The number of nitroso groups, excluding NO2 is 1. The molecule has 2 nitrogen and oxygen atoms in total. The minimum atomic E-state index is -0.284. The Morgan fingerprint density at radius 3 is 2.60 bits per heavy atom. The smallest absolute Gasteiger partial charge is 0.123 e. The van der Waals surface area contributed by atoms with Crippen molar-refractivity contribution in [2.24, 2.45) is 11.1 Å². The Labute approximate surface area is 119 Å². The summed E-state index contributed by atoms with van der Waals surface area (Å²) in [5.74, 6) is 0.336. The monoisotopic (exact) mass is 273 g/mol. The summed E-state index contributed by atoms with van der Waals surface area (Å²) in [4.78, 5) is 11.1. The number of halogens is 1. The van der Waals surface area contributed by atoms with Crippen molar-refractivity contribution in [3.8, 4) is 0 Å². The normalized spacial score (nSPS) is 24.1. The van der Waals surface area contributed by atoms with Gasteiger partial charge >= 0.3 is 0 Å². The quantitative estimate of drug-likeness (QED) is 0.705. The van der Waals surface area contributed by atoms with Gasteiger partial charge in [0.05, 0.1) is 0 Å². The fourth-order valence-corrected chi connectivity index (χ4v) is 3.80. The number of allylic oxidation sites excluding steroid dienone is 1. The highest BCUT2D eigenvalue weighted by atomic mass is 19.1. The zero-order chi connectivity index (χ0) is 13.9. The molecule has 2 aliphatic rings. The molecule has 0 spiro atoms. The zero-order valence-corrected chi connectivity index (χ0v) is 11.6. The van der Waals surface area contributed by atoms with E-state index in [1.807, 2.05) is 6.07 Å². The molecule has 1 aromatic rings. The number of hydrogen-bond acceptors (Lipinski definition) is 2. The Bertz CT molecular complexity index is 532. The highest BCUT2D eigenvalue weighted by Gasteiger charge is 2.32. The molecular weight excluding hydrogens is 253 g/mol. The molecule has 3 heteroatoms. The molecule has 2 aliphatic carbocycles. The summed E-state index contributed by atoms with van der Waals surface area (Å²) in [7, 11) is 0. The van der Waals surface area contributed by atoms with Gasteiger partial charge in [0.1, 0.15) is 11.9 Å². The first-order chi connectivity index (χ1) is 9.79. The maximum atomic E-state index is 13.5. The van der Waals surface area contributed by atoms with E-state index in [9.17, 15) is 9.30 Å². The predicted molar refractivity (Wildman–Crippen MR) is 78.7 cm³/mol. The van der Waals surface area contributed by atoms with Crippen molar-refractivity contribution < 1.29 is 4.39 Å². The van der Waals surface area contributed by atoms with Crippen LogP contribution >= 0.6 is 0 Å². The molecule has 3 rings (SSSR count). The Morgan fingerprint density at radius 2 is 1.90 bits per heavy atom. The Kier molecular flexibility index (Phi) is 3.95. The molecule has 0 bridgehead atoms. The van der Waals surface area contributed by atoms with Crippen LogP contribution in [-0.2, 0) is 0 Å². The van der Waals surface area contributed by atoms with E-state index in [0.717, 1.165) is 24.0 Å². The van der Waals surface area contributed by atoms with Crippen molar-refractivity contribution >= 4 is 5.57 Å². The van der Waals surface area contributed by atoms with Crippen LogP contribution in [0.25, 0.3) is 5.57 Å². The largest absolute Gasteiger partial charge is 0.207 e. The van der Waals surface area contributed by atoms with Crippen LogP contribution in [0.1, 0.15) is 50.5 Å². The van der Waals surface area contributed by atoms with Gasteiger partial charge in [-0.2, -0.15) is 4.91 Å². The van der Waals surface area contributed by atoms with Crippen molar-refractivity contribution in [1.82, 2.24) is 0 Å². The van der Waals surface area contributed by atoms with Gasteiger partial charge in [-0.1, -0.05) is 42.1 Å². The average molecular weight is 273 g/mol. The van der Waals surface area contributed by atoms with E-state index in [1.165, 1.54) is 43.7 Å². The number of hydrogen-bond donors (Lipinski definition) is 0. The van der Waals surface area contributed by atoms with Gasteiger partial charge in [-0.3, -0.25) is 0 Å². The molecule has 1 unspecified atom stereocenters. The highest BCUT2D eigenvalue weighted by molar-refractivity contribution is 5.75. The first-order valence-electron chi connectivity index (χ1n) is 7.61. The van der Waals surface area contributed by atoms with Gasteiger partial charge in [-0.05, 0) is 54.9 Å². The van der Waals surface area contributed by atoms with E-state index in [2.05, 4.69) is 5.18 Å². The minimum Gasteiger partial charge on any atom is -0.207 e. The van der Waals surface area contributed by atoms with Crippen LogP contribution in [0.15, 0.2) is 35.0 Å². The predicted octanol–water partition coefficient (Wildman–Crippen LogP) is 5.09. The fourth-order valence-electron chi connectivity index (χ4n) is 3.80. The van der Waals surface area contributed by atoms with E-state index in [4.69, 9.17) is 0 Å². The summed E-state index contributed by atoms with van der Waals surface area (Å²) in [6.07, 6.45) is 8.01. The maximum Gasteiger partial charge on any atom is 0.123 e. The standard InChI is InChI=1S/C17H20FNO/c18-14-8-4-7-13(11-14)17-15(9-10-16(17)19-20)12-5-2-1-3-6-12/h4,7-8,11-12,16H,1-3,5-6,9-10H2. The first kappa shape index (κ1) is 13.5. The molecule has 0 heterocycles. The van der Waals surface area contributed by atoms with Crippen LogP contribution in [0, 0.1) is 16.6 Å². The second-order valence-electron chi connectivity index (χ2n) is 5.94. The summed E-state index contributed by atoms with van der Waals surface area (Å²) in [5.41, 5.74) is 3.25. The van der Waals surface area contributed by atoms with E-state index in [-0.39, 0.29) is 11.9 Å². The third-order valence-corrected chi connectivity index (χ3v) is 4.73. The van der Waals surface area contributed by atoms with Gasteiger partial charge in [-0.25, -0.2) is 4.39 Å². The van der Waals surface area contributed by atoms with Crippen LogP contribution in [0.2, 0.25) is 0 Å². The van der Waals surface area contributed by atoms with E-state index in [0.29, 0.717) is 5.92 Å². The highest BCUT2D eigenvalue weighted by Crippen LogP contribution is 2.44. The molecule has 1 atom stereocenters. The first-order valence-corrected chi connectivity index (χ1v) is 7.61. The van der Waals surface area contributed by atoms with Crippen LogP contribution < -0.4 is 0 Å². The Hall–Kier alpha value is -1.51. The van der Waals surface area contributed by atoms with Crippen molar-refractivity contribution in [3.05, 3.63) is 46.1 Å². The van der Waals surface area contributed by atoms with Crippen LogP contribution in [0.5, 0.6) is 0 Å². The molecule has 0 amide bonds. The molecule has 1 aromatic carbocycles. The van der Waals surface area contributed by atoms with Crippen molar-refractivity contribution in [2.75, 3.05) is 0 Å². The van der Waals surface area contributed by atoms with E-state index in [1.54, 1.807) is 12.1 Å². The van der Waals surface area contributed by atoms with Gasteiger partial charge in [-0.15, -0.1) is 0 Å². The topological polar surface area (TPSA) is 29.4 Å². The fraction of sp³-hybridized carbons (Fsp3) is 0.529. The molecule has 0 aliphatic heterocycles. The van der Waals surface area contributed by atoms with Crippen LogP contribution in [0.4, 0.5) is 4.39 Å². The molecule has 0 N–H and O–H groups in total. The second-order valence-corrected chi connectivity index (χ2v) is 5.94. The van der Waals surface area contributed by atoms with E-state index >= 15 is 0 Å². The lowest BCUT2D eigenvalue weighted by atomic mass is 9.81. The third kappa shape index (κ3) is 2.54. The SMILES string of the molecule is O=NC1CCC(C2CCCCC2)=C1c1cccc(F)c1. The van der Waals surface area contributed by atoms with Gasteiger partial charge < -0.3 is 0 Å². The number of nitrogens with zero attached hydrogens (tertiary/aromatic N) is 1. The lowest BCUT2D eigenvalue weighted by molar-refractivity contribution is 0.398. The Morgan fingerprint density at radius 1 is 1.10 bits per heavy atom. The molecule has 1 saturated carbocycles. The molecule has 20 heavy (non-hydrogen) atoms. The molecule has 0 radical (unpaired) electrons. The number of rotatable bonds is 3. The molecule has 1 fully saturated rings. The Balaban J connectivity index is 2.01. The van der Waals surface area contributed by atoms with E-state index < -0.39 is 0 Å². The average Bonchev–Trinajstić information content (AvgIpc) is 2.92. The van der Waals surface area contributed by atoms with Crippen molar-refractivity contribution in [2.45, 2.75) is 51.0 Å². The van der Waals surface area contributed by atoms with Gasteiger partial charge in [0.25, 0.3) is 0 Å². The molecule has 106 valence electrons. The molecule has 0 aromatic heterocycles. The summed E-state index contributed by atoms with van der Waals surface area (Å²) in [6.45, 7) is 0. The lowest BCUT2D eigenvalue weighted by Gasteiger charge is -2.24. The van der Waals surface area contributed by atoms with Crippen molar-refractivity contribution in [3.63, 3.8) is 0 Å². The zero-order valence-electron chi connectivity index (χ0n) is 11.6. The molecular formula is C17H20FNO. The van der Waals surface area contributed by atoms with Gasteiger partial charge in [0.15, 0.2) is 0 Å². The second kappa shape index (κ2) is 5.86. The minimum absolute atomic E-state index is 0.241. The summed E-state index contributed by atoms with van der Waals surface area (Å²) >= 11 is 0. The van der Waals surface area contributed by atoms with Gasteiger partial charge in [0, 0.05) is 0 Å². The number of benzene rings is 1. The summed E-state index contributed by atoms with van der Waals surface area (Å²) in [5, 5.41) is 3.29. The summed E-state index contributed by atoms with van der Waals surface area (Å²) in [6, 6.07) is 6.33. The summed E-state index contributed by atoms with van der Waals surface area (Å²) < 4.78 is 13.5. The molecule has 0 saturated heterocycles. The lowest BCUT2D eigenvalue weighted by Crippen LogP contribution is -2.10. The van der Waals surface area contributed by atoms with Gasteiger partial charge in [0.2, 0.25) is 0 Å². The third-order valence-electron chi connectivity index (χ3n) is 4.73. The maximum absolute atomic E-state index is 13.5. The van der Waals surface area contributed by atoms with Crippen LogP contribution in [-0.4, -0.2) is 6.04 Å².